The van der Waals surface area contributed by atoms with Crippen LogP contribution in [-0.4, -0.2) is 18.6 Å². The Hall–Kier alpha value is -1.51. The fourth-order valence-corrected chi connectivity index (χ4v) is 1.77. The number of hydrogen-bond donors (Lipinski definition) is 1. The van der Waals surface area contributed by atoms with Gasteiger partial charge in [0.15, 0.2) is 0 Å². The lowest BCUT2D eigenvalue weighted by atomic mass is 10.2. The Bertz CT molecular complexity index is 338. The molecule has 0 aliphatic heterocycles. The summed E-state index contributed by atoms with van der Waals surface area (Å²) in [6.07, 6.45) is 3.31. The van der Waals surface area contributed by atoms with Crippen molar-refractivity contribution in [2.75, 3.05) is 11.9 Å². The quantitative estimate of drug-likeness (QED) is 0.565. The predicted molar refractivity (Wildman–Crippen MR) is 74.6 cm³/mol. The molecule has 1 N–H and O–H groups in total. The first-order valence-electron chi connectivity index (χ1n) is 6.70. The Labute approximate surface area is 110 Å². The number of nitrogens with one attached hydrogen (secondary N) is 1. The average Bonchev–Trinajstić information content (AvgIpc) is 2.36. The molecule has 1 aromatic rings. The third kappa shape index (κ3) is 6.28. The van der Waals surface area contributed by atoms with E-state index >= 15 is 0 Å². The molecule has 0 aliphatic carbocycles. The minimum Gasteiger partial charge on any atom is -0.463 e. The third-order valence-electron chi connectivity index (χ3n) is 2.69. The van der Waals surface area contributed by atoms with Crippen molar-refractivity contribution in [3.63, 3.8) is 0 Å². The number of esters is 1. The van der Waals surface area contributed by atoms with Crippen LogP contribution in [0.5, 0.6) is 0 Å². The highest BCUT2D eigenvalue weighted by Crippen LogP contribution is 2.06. The zero-order valence-corrected chi connectivity index (χ0v) is 11.3. The monoisotopic (exact) mass is 249 g/mol. The van der Waals surface area contributed by atoms with Gasteiger partial charge in [-0.1, -0.05) is 31.5 Å². The molecule has 1 atom stereocenters. The molecule has 0 heterocycles. The molecular weight excluding hydrogens is 226 g/mol. The topological polar surface area (TPSA) is 38.3 Å². The van der Waals surface area contributed by atoms with E-state index in [1.807, 2.05) is 37.3 Å². The third-order valence-corrected chi connectivity index (χ3v) is 2.69. The van der Waals surface area contributed by atoms with E-state index in [9.17, 15) is 4.79 Å². The Kier molecular flexibility index (Phi) is 6.92. The molecule has 0 aliphatic rings. The van der Waals surface area contributed by atoms with E-state index < -0.39 is 0 Å². The Morgan fingerprint density at radius 1 is 1.33 bits per heavy atom. The number of para-hydroxylation sites is 1. The highest BCUT2D eigenvalue weighted by molar-refractivity contribution is 5.69. The van der Waals surface area contributed by atoms with Crippen molar-refractivity contribution in [1.29, 1.82) is 0 Å². The highest BCUT2D eigenvalue weighted by atomic mass is 16.5. The van der Waals surface area contributed by atoms with Gasteiger partial charge in [-0.2, -0.15) is 0 Å². The molecule has 0 saturated heterocycles. The maximum atomic E-state index is 11.5. The molecule has 3 heteroatoms. The van der Waals surface area contributed by atoms with E-state index in [-0.39, 0.29) is 12.1 Å². The van der Waals surface area contributed by atoms with E-state index in [1.165, 1.54) is 0 Å². The lowest BCUT2D eigenvalue weighted by molar-refractivity contribution is -0.148. The number of ether oxygens (including phenoxy) is 1. The molecule has 3 nitrogen and oxygen atoms in total. The zero-order chi connectivity index (χ0) is 13.2. The molecule has 1 aromatic carbocycles. The molecule has 0 saturated carbocycles. The minimum atomic E-state index is -0.0918. The first-order chi connectivity index (χ1) is 8.72. The van der Waals surface area contributed by atoms with Gasteiger partial charge in [-0.15, -0.1) is 0 Å². The van der Waals surface area contributed by atoms with E-state index in [0.29, 0.717) is 6.42 Å². The first kappa shape index (κ1) is 14.6. The normalized spacial score (nSPS) is 11.9. The molecule has 0 spiro atoms. The van der Waals surface area contributed by atoms with Gasteiger partial charge in [-0.25, -0.2) is 0 Å². The lowest BCUT2D eigenvalue weighted by Gasteiger charge is -2.12. The van der Waals surface area contributed by atoms with E-state index in [2.05, 4.69) is 12.2 Å². The van der Waals surface area contributed by atoms with Gasteiger partial charge >= 0.3 is 5.97 Å². The predicted octanol–water partition coefficient (Wildman–Crippen LogP) is 3.61. The van der Waals surface area contributed by atoms with E-state index in [4.69, 9.17) is 4.74 Å². The second-order valence-corrected chi connectivity index (χ2v) is 4.49. The van der Waals surface area contributed by atoms with Gasteiger partial charge in [0.1, 0.15) is 0 Å². The van der Waals surface area contributed by atoms with Crippen LogP contribution in [0.25, 0.3) is 0 Å². The van der Waals surface area contributed by atoms with Crippen LogP contribution in [0.4, 0.5) is 5.69 Å². The van der Waals surface area contributed by atoms with Gasteiger partial charge in [-0.3, -0.25) is 4.79 Å². The summed E-state index contributed by atoms with van der Waals surface area (Å²) in [4.78, 5) is 11.5. The maximum Gasteiger partial charge on any atom is 0.306 e. The van der Waals surface area contributed by atoms with Gasteiger partial charge in [0, 0.05) is 18.7 Å². The minimum absolute atomic E-state index is 0.0459. The van der Waals surface area contributed by atoms with Gasteiger partial charge in [0.2, 0.25) is 0 Å². The molecule has 18 heavy (non-hydrogen) atoms. The number of carbonyl (C=O) groups is 1. The summed E-state index contributed by atoms with van der Waals surface area (Å²) in [5.74, 6) is -0.0918. The van der Waals surface area contributed by atoms with Gasteiger partial charge in [-0.05, 0) is 31.9 Å². The zero-order valence-electron chi connectivity index (χ0n) is 11.3. The summed E-state index contributed by atoms with van der Waals surface area (Å²) in [7, 11) is 0. The Balaban J connectivity index is 2.09. The molecule has 0 aromatic heterocycles. The van der Waals surface area contributed by atoms with Crippen molar-refractivity contribution in [2.24, 2.45) is 0 Å². The molecular formula is C15H23NO2. The van der Waals surface area contributed by atoms with Crippen LogP contribution in [0.3, 0.4) is 0 Å². The molecule has 1 unspecified atom stereocenters. The van der Waals surface area contributed by atoms with Crippen LogP contribution >= 0.6 is 0 Å². The molecule has 0 bridgehead atoms. The number of benzene rings is 1. The summed E-state index contributed by atoms with van der Waals surface area (Å²) >= 11 is 0. The van der Waals surface area contributed by atoms with Crippen molar-refractivity contribution in [3.8, 4) is 0 Å². The summed E-state index contributed by atoms with van der Waals surface area (Å²) in [6, 6.07) is 9.99. The lowest BCUT2D eigenvalue weighted by Crippen LogP contribution is -2.15. The molecule has 100 valence electrons. The first-order valence-corrected chi connectivity index (χ1v) is 6.70. The number of anilines is 1. The summed E-state index contributed by atoms with van der Waals surface area (Å²) in [5, 5.41) is 3.27. The Morgan fingerprint density at radius 2 is 2.06 bits per heavy atom. The van der Waals surface area contributed by atoms with Crippen LogP contribution in [0, 0.1) is 0 Å². The standard InChI is InChI=1S/C15H23NO2/c1-3-8-13(2)18-15(17)11-7-12-16-14-9-5-4-6-10-14/h4-6,9-10,13,16H,3,7-8,11-12H2,1-2H3. The SMILES string of the molecule is CCCC(C)OC(=O)CCCNc1ccccc1. The smallest absolute Gasteiger partial charge is 0.306 e. The molecule has 0 fully saturated rings. The van der Waals surface area contributed by atoms with Crippen molar-refractivity contribution in [2.45, 2.75) is 45.6 Å². The number of carbonyl (C=O) groups excluding carboxylic acids is 1. The fourth-order valence-electron chi connectivity index (χ4n) is 1.77. The van der Waals surface area contributed by atoms with E-state index in [1.54, 1.807) is 0 Å². The van der Waals surface area contributed by atoms with Crippen LogP contribution in [-0.2, 0) is 9.53 Å². The molecule has 1 rings (SSSR count). The fraction of sp³-hybridized carbons (Fsp3) is 0.533. The van der Waals surface area contributed by atoms with Crippen molar-refractivity contribution in [1.82, 2.24) is 0 Å². The van der Waals surface area contributed by atoms with Crippen molar-refractivity contribution in [3.05, 3.63) is 30.3 Å². The largest absolute Gasteiger partial charge is 0.463 e. The average molecular weight is 249 g/mol. The van der Waals surface area contributed by atoms with Crippen LogP contribution in [0.15, 0.2) is 30.3 Å². The van der Waals surface area contributed by atoms with Crippen molar-refractivity contribution >= 4 is 11.7 Å². The van der Waals surface area contributed by atoms with Gasteiger partial charge < -0.3 is 10.1 Å². The number of hydrogen-bond acceptors (Lipinski definition) is 3. The Morgan fingerprint density at radius 3 is 2.72 bits per heavy atom. The maximum absolute atomic E-state index is 11.5. The summed E-state index contributed by atoms with van der Waals surface area (Å²) < 4.78 is 5.28. The van der Waals surface area contributed by atoms with Crippen LogP contribution < -0.4 is 5.32 Å². The van der Waals surface area contributed by atoms with Gasteiger partial charge in [0.05, 0.1) is 6.10 Å². The van der Waals surface area contributed by atoms with Crippen LogP contribution in [0.2, 0.25) is 0 Å². The van der Waals surface area contributed by atoms with Gasteiger partial charge in [0.25, 0.3) is 0 Å². The summed E-state index contributed by atoms with van der Waals surface area (Å²) in [6.45, 7) is 4.83. The second kappa shape index (κ2) is 8.56. The number of rotatable bonds is 8. The van der Waals surface area contributed by atoms with Crippen molar-refractivity contribution < 1.29 is 9.53 Å². The molecule has 0 radical (unpaired) electrons. The second-order valence-electron chi connectivity index (χ2n) is 4.49. The van der Waals surface area contributed by atoms with E-state index in [0.717, 1.165) is 31.5 Å². The summed E-state index contributed by atoms with van der Waals surface area (Å²) in [5.41, 5.74) is 1.09. The van der Waals surface area contributed by atoms with Crippen LogP contribution in [0.1, 0.15) is 39.5 Å². The molecule has 0 amide bonds. The highest BCUT2D eigenvalue weighted by Gasteiger charge is 2.07.